The molecule has 0 spiro atoms. The first-order valence-corrected chi connectivity index (χ1v) is 30.8. The van der Waals surface area contributed by atoms with E-state index >= 15 is 0 Å². The van der Waals surface area contributed by atoms with E-state index in [4.69, 9.17) is 14.2 Å². The molecule has 5 heteroatoms. The number of carbonyl (C=O) groups is 2. The van der Waals surface area contributed by atoms with Crippen molar-refractivity contribution in [1.82, 2.24) is 0 Å². The lowest BCUT2D eigenvalue weighted by atomic mass is 10.1. The predicted octanol–water partition coefficient (Wildman–Crippen LogP) is 21.4. The van der Waals surface area contributed by atoms with Gasteiger partial charge in [-0.25, -0.2) is 0 Å². The van der Waals surface area contributed by atoms with Crippen LogP contribution in [-0.2, 0) is 23.8 Å². The highest BCUT2D eigenvalue weighted by Gasteiger charge is 2.17. The summed E-state index contributed by atoms with van der Waals surface area (Å²) in [5.74, 6) is -0.414. The molecule has 0 aliphatic rings. The second-order valence-corrected chi connectivity index (χ2v) is 20.2. The lowest BCUT2D eigenvalue weighted by Gasteiger charge is -2.18. The average molecular weight is 1000 g/mol. The minimum Gasteiger partial charge on any atom is -0.462 e. The third-order valence-electron chi connectivity index (χ3n) is 13.1. The van der Waals surface area contributed by atoms with Gasteiger partial charge in [0.15, 0.2) is 6.10 Å². The van der Waals surface area contributed by atoms with Gasteiger partial charge in [0.2, 0.25) is 0 Å². The molecule has 0 aliphatic heterocycles. The summed E-state index contributed by atoms with van der Waals surface area (Å²) in [7, 11) is 0. The minimum absolute atomic E-state index is 0.0706. The largest absolute Gasteiger partial charge is 0.462 e. The third-order valence-corrected chi connectivity index (χ3v) is 13.1. The molecule has 0 radical (unpaired) electrons. The van der Waals surface area contributed by atoms with Gasteiger partial charge in [0, 0.05) is 19.4 Å². The summed E-state index contributed by atoms with van der Waals surface area (Å²) in [6.45, 7) is 7.60. The first-order chi connectivity index (χ1) is 35.6. The highest BCUT2D eigenvalue weighted by Crippen LogP contribution is 2.15. The van der Waals surface area contributed by atoms with E-state index < -0.39 is 6.10 Å². The summed E-state index contributed by atoms with van der Waals surface area (Å²) in [6.07, 6.45) is 84.3. The normalized spacial score (nSPS) is 12.9. The van der Waals surface area contributed by atoms with Crippen LogP contribution in [0.2, 0.25) is 0 Å². The summed E-state index contributed by atoms with van der Waals surface area (Å²) in [6, 6.07) is 0. The van der Waals surface area contributed by atoms with Gasteiger partial charge in [0.1, 0.15) is 6.61 Å². The fraction of sp³-hybridized carbons (Fsp3) is 0.731. The molecule has 1 unspecified atom stereocenters. The van der Waals surface area contributed by atoms with Crippen LogP contribution in [0.4, 0.5) is 0 Å². The van der Waals surface area contributed by atoms with E-state index in [1.54, 1.807) is 0 Å². The van der Waals surface area contributed by atoms with Crippen LogP contribution in [0, 0.1) is 0 Å². The Balaban J connectivity index is 4.32. The van der Waals surface area contributed by atoms with E-state index in [1.165, 1.54) is 161 Å². The standard InChI is InChI=1S/C67H116O5/c1-4-7-10-13-16-19-22-25-28-31-34-36-39-42-45-48-51-54-57-60-66(68)71-64-65(63-70-62-59-56-53-50-47-44-41-38-33-30-27-24-21-18-15-12-9-6-3)72-67(69)61-58-55-52-49-46-43-40-37-35-32-29-26-23-20-17-14-11-8-5-2/h7,9-10,12,16,18-19,21,25-30,34,36,65H,4-6,8,11,13-15,17,20,22-24,31-33,35,37-64H2,1-3H3/b10-7-,12-9-,19-16-,21-18-,28-25-,29-26-,30-27-,36-34-. The maximum atomic E-state index is 12.9. The molecule has 0 aromatic rings. The number of esters is 2. The Bertz CT molecular complexity index is 1360. The molecule has 414 valence electrons. The quantitative estimate of drug-likeness (QED) is 0.0345. The third kappa shape index (κ3) is 59.4. The summed E-state index contributed by atoms with van der Waals surface area (Å²) < 4.78 is 17.5. The van der Waals surface area contributed by atoms with Crippen molar-refractivity contribution in [2.24, 2.45) is 0 Å². The maximum absolute atomic E-state index is 12.9. The molecule has 0 rings (SSSR count). The van der Waals surface area contributed by atoms with Gasteiger partial charge in [-0.15, -0.1) is 0 Å². The van der Waals surface area contributed by atoms with Gasteiger partial charge in [-0.3, -0.25) is 9.59 Å². The lowest BCUT2D eigenvalue weighted by molar-refractivity contribution is -0.163. The van der Waals surface area contributed by atoms with Crippen molar-refractivity contribution in [3.8, 4) is 0 Å². The molecule has 72 heavy (non-hydrogen) atoms. The molecule has 0 bridgehead atoms. The Morgan fingerprint density at radius 1 is 0.319 bits per heavy atom. The zero-order valence-corrected chi connectivity index (χ0v) is 47.7. The van der Waals surface area contributed by atoms with Crippen LogP contribution in [-0.4, -0.2) is 37.9 Å². The zero-order chi connectivity index (χ0) is 52.0. The van der Waals surface area contributed by atoms with Crippen LogP contribution in [0.25, 0.3) is 0 Å². The number of ether oxygens (including phenoxy) is 3. The predicted molar refractivity (Wildman–Crippen MR) is 316 cm³/mol. The van der Waals surface area contributed by atoms with Crippen LogP contribution in [0.1, 0.15) is 290 Å². The summed E-state index contributed by atoms with van der Waals surface area (Å²) >= 11 is 0. The van der Waals surface area contributed by atoms with Gasteiger partial charge in [-0.1, -0.05) is 259 Å². The Morgan fingerprint density at radius 2 is 0.625 bits per heavy atom. The number of carbonyl (C=O) groups excluding carboxylic acids is 2. The zero-order valence-electron chi connectivity index (χ0n) is 47.7. The van der Waals surface area contributed by atoms with Crippen LogP contribution in [0.5, 0.6) is 0 Å². The van der Waals surface area contributed by atoms with Crippen molar-refractivity contribution in [2.45, 2.75) is 297 Å². The number of allylic oxidation sites excluding steroid dienone is 16. The summed E-state index contributed by atoms with van der Waals surface area (Å²) in [5, 5.41) is 0. The number of hydrogen-bond acceptors (Lipinski definition) is 5. The molecule has 0 saturated carbocycles. The van der Waals surface area contributed by atoms with E-state index in [0.29, 0.717) is 19.4 Å². The number of hydrogen-bond donors (Lipinski definition) is 0. The first-order valence-electron chi connectivity index (χ1n) is 30.8. The van der Waals surface area contributed by atoms with E-state index in [-0.39, 0.29) is 25.2 Å². The Labute approximate surface area is 447 Å². The van der Waals surface area contributed by atoms with Crippen molar-refractivity contribution in [3.63, 3.8) is 0 Å². The SMILES string of the molecule is CC/C=C\C/C=C\C/C=C\C/C=C\CCCCCCCCC(=O)OCC(COCCCCCCCCCC/C=C\C/C=C\C/C=C\CC)OC(=O)CCCCCCCCCCC/C=C\CCCCCCCC. The van der Waals surface area contributed by atoms with Crippen LogP contribution in [0.3, 0.4) is 0 Å². The van der Waals surface area contributed by atoms with Crippen molar-refractivity contribution < 1.29 is 23.8 Å². The first kappa shape index (κ1) is 68.8. The van der Waals surface area contributed by atoms with Gasteiger partial charge in [0.25, 0.3) is 0 Å². The van der Waals surface area contributed by atoms with Gasteiger partial charge in [0.05, 0.1) is 6.61 Å². The molecular weight excluding hydrogens is 885 g/mol. The highest BCUT2D eigenvalue weighted by atomic mass is 16.6. The van der Waals surface area contributed by atoms with Crippen molar-refractivity contribution in [1.29, 1.82) is 0 Å². The highest BCUT2D eigenvalue weighted by molar-refractivity contribution is 5.70. The summed E-state index contributed by atoms with van der Waals surface area (Å²) in [5.41, 5.74) is 0. The van der Waals surface area contributed by atoms with E-state index in [2.05, 4.69) is 118 Å². The smallest absolute Gasteiger partial charge is 0.306 e. The molecular formula is C67H116O5. The molecule has 0 saturated heterocycles. The number of unbranched alkanes of at least 4 members (excludes halogenated alkanes) is 29. The molecule has 0 heterocycles. The molecule has 0 fully saturated rings. The van der Waals surface area contributed by atoms with E-state index in [9.17, 15) is 9.59 Å². The van der Waals surface area contributed by atoms with E-state index in [0.717, 1.165) is 96.3 Å². The second kappa shape index (κ2) is 62.1. The Kier molecular flexibility index (Phi) is 59.4. The lowest BCUT2D eigenvalue weighted by Crippen LogP contribution is -2.30. The second-order valence-electron chi connectivity index (χ2n) is 20.2. The summed E-state index contributed by atoms with van der Waals surface area (Å²) in [4.78, 5) is 25.6. The number of rotatable bonds is 56. The van der Waals surface area contributed by atoms with Crippen molar-refractivity contribution >= 4 is 11.9 Å². The van der Waals surface area contributed by atoms with Gasteiger partial charge >= 0.3 is 11.9 Å². The Hall–Kier alpha value is -3.18. The molecule has 0 amide bonds. The molecule has 5 nitrogen and oxygen atoms in total. The van der Waals surface area contributed by atoms with Gasteiger partial charge in [-0.2, -0.15) is 0 Å². The Morgan fingerprint density at radius 3 is 1.01 bits per heavy atom. The van der Waals surface area contributed by atoms with Crippen LogP contribution >= 0.6 is 0 Å². The van der Waals surface area contributed by atoms with Crippen molar-refractivity contribution in [3.05, 3.63) is 97.2 Å². The topological polar surface area (TPSA) is 61.8 Å². The monoisotopic (exact) mass is 1000 g/mol. The maximum Gasteiger partial charge on any atom is 0.306 e. The van der Waals surface area contributed by atoms with Crippen molar-refractivity contribution in [2.75, 3.05) is 19.8 Å². The molecule has 0 aromatic heterocycles. The fourth-order valence-electron chi connectivity index (χ4n) is 8.57. The van der Waals surface area contributed by atoms with E-state index in [1.807, 2.05) is 0 Å². The fourth-order valence-corrected chi connectivity index (χ4v) is 8.57. The van der Waals surface area contributed by atoms with Gasteiger partial charge < -0.3 is 14.2 Å². The molecule has 0 aliphatic carbocycles. The van der Waals surface area contributed by atoms with Gasteiger partial charge in [-0.05, 0) is 116 Å². The van der Waals surface area contributed by atoms with Crippen LogP contribution in [0.15, 0.2) is 97.2 Å². The molecule has 1 atom stereocenters. The average Bonchev–Trinajstić information content (AvgIpc) is 3.38. The minimum atomic E-state index is -0.554. The van der Waals surface area contributed by atoms with Crippen LogP contribution < -0.4 is 0 Å². The molecule has 0 aromatic carbocycles. The molecule has 0 N–H and O–H groups in total.